The number of hydrogen-bond donors (Lipinski definition) is 0. The Hall–Kier alpha value is -0.350. The van der Waals surface area contributed by atoms with Crippen LogP contribution in [0, 0.1) is 0 Å². The minimum absolute atomic E-state index is 0.607. The Balaban J connectivity index is 1.89. The van der Waals surface area contributed by atoms with Gasteiger partial charge in [-0.1, -0.05) is 26.2 Å². The molecule has 1 fully saturated rings. The molecule has 3 nitrogen and oxygen atoms in total. The molecule has 0 bridgehead atoms. The topological polar surface area (TPSA) is 27.1 Å². The van der Waals surface area contributed by atoms with E-state index in [-0.39, 0.29) is 0 Å². The van der Waals surface area contributed by atoms with Crippen LogP contribution < -0.4 is 0 Å². The third-order valence-electron chi connectivity index (χ3n) is 3.34. The predicted octanol–water partition coefficient (Wildman–Crippen LogP) is 4.08. The van der Waals surface area contributed by atoms with Crippen molar-refractivity contribution >= 4 is 15.9 Å². The molecule has 0 unspecified atom stereocenters. The summed E-state index contributed by atoms with van der Waals surface area (Å²) in [6, 6.07) is 0.607. The summed E-state index contributed by atoms with van der Waals surface area (Å²) in [7, 11) is 0. The first-order valence-electron chi connectivity index (χ1n) is 6.62. The van der Waals surface area contributed by atoms with Crippen LogP contribution in [0.25, 0.3) is 0 Å². The molecule has 1 aliphatic rings. The fraction of sp³-hybridized carbons (Fsp3) is 0.769. The molecule has 0 N–H and O–H groups in total. The van der Waals surface area contributed by atoms with Gasteiger partial charge < -0.3 is 4.74 Å². The van der Waals surface area contributed by atoms with Gasteiger partial charge in [-0.05, 0) is 35.2 Å². The maximum Gasteiger partial charge on any atom is 0.102 e. The highest BCUT2D eigenvalue weighted by Crippen LogP contribution is 2.30. The van der Waals surface area contributed by atoms with Crippen molar-refractivity contribution in [2.45, 2.75) is 58.1 Å². The van der Waals surface area contributed by atoms with Gasteiger partial charge in [-0.25, -0.2) is 0 Å². The van der Waals surface area contributed by atoms with Crippen molar-refractivity contribution in [2.24, 2.45) is 0 Å². The molecule has 1 aliphatic carbocycles. The van der Waals surface area contributed by atoms with E-state index in [1.165, 1.54) is 32.1 Å². The summed E-state index contributed by atoms with van der Waals surface area (Å²) in [5.41, 5.74) is 1.04. The summed E-state index contributed by atoms with van der Waals surface area (Å²) in [5.74, 6) is 0. The molecule has 1 aromatic heterocycles. The van der Waals surface area contributed by atoms with Gasteiger partial charge in [0, 0.05) is 12.8 Å². The van der Waals surface area contributed by atoms with Gasteiger partial charge in [0.15, 0.2) is 0 Å². The zero-order valence-electron chi connectivity index (χ0n) is 10.5. The first kappa shape index (κ1) is 13.1. The standard InChI is InChI=1S/C13H21BrN2O/c1-2-3-8-17-10-13-12(14)9-16(15-13)11-6-4-5-7-11/h9,11H,2-8,10H2,1H3. The number of rotatable bonds is 6. The fourth-order valence-electron chi connectivity index (χ4n) is 2.28. The molecule has 4 heteroatoms. The zero-order valence-corrected chi connectivity index (χ0v) is 12.1. The number of aromatic nitrogens is 2. The van der Waals surface area contributed by atoms with Gasteiger partial charge in [0.2, 0.25) is 0 Å². The van der Waals surface area contributed by atoms with Gasteiger partial charge in [0.05, 0.1) is 17.1 Å². The van der Waals surface area contributed by atoms with Crippen LogP contribution in [0.5, 0.6) is 0 Å². The molecule has 0 spiro atoms. The van der Waals surface area contributed by atoms with Gasteiger partial charge in [0.25, 0.3) is 0 Å². The highest BCUT2D eigenvalue weighted by molar-refractivity contribution is 9.10. The number of ether oxygens (including phenoxy) is 1. The third kappa shape index (κ3) is 3.55. The van der Waals surface area contributed by atoms with E-state index in [1.54, 1.807) is 0 Å². The summed E-state index contributed by atoms with van der Waals surface area (Å²) in [4.78, 5) is 0. The van der Waals surface area contributed by atoms with Crippen molar-refractivity contribution in [3.05, 3.63) is 16.4 Å². The van der Waals surface area contributed by atoms with Crippen LogP contribution >= 0.6 is 15.9 Å². The van der Waals surface area contributed by atoms with Crippen molar-refractivity contribution in [1.29, 1.82) is 0 Å². The molecule has 17 heavy (non-hydrogen) atoms. The zero-order chi connectivity index (χ0) is 12.1. The van der Waals surface area contributed by atoms with Crippen LogP contribution in [0.4, 0.5) is 0 Å². The lowest BCUT2D eigenvalue weighted by atomic mass is 10.3. The molecule has 0 amide bonds. The van der Waals surface area contributed by atoms with Crippen LogP contribution in [-0.4, -0.2) is 16.4 Å². The Kier molecular flexibility index (Phi) is 5.04. The van der Waals surface area contributed by atoms with Crippen molar-refractivity contribution in [1.82, 2.24) is 9.78 Å². The van der Waals surface area contributed by atoms with Crippen LogP contribution in [-0.2, 0) is 11.3 Å². The molecule has 0 aromatic carbocycles. The maximum absolute atomic E-state index is 5.61. The van der Waals surface area contributed by atoms with Gasteiger partial charge >= 0.3 is 0 Å². The quantitative estimate of drug-likeness (QED) is 0.740. The van der Waals surface area contributed by atoms with E-state index < -0.39 is 0 Å². The number of unbranched alkanes of at least 4 members (excludes halogenated alkanes) is 1. The van der Waals surface area contributed by atoms with Crippen LogP contribution in [0.1, 0.15) is 57.2 Å². The highest BCUT2D eigenvalue weighted by atomic mass is 79.9. The Morgan fingerprint density at radius 1 is 1.47 bits per heavy atom. The molecule has 0 radical (unpaired) electrons. The number of halogens is 1. The largest absolute Gasteiger partial charge is 0.375 e. The normalized spacial score (nSPS) is 16.8. The summed E-state index contributed by atoms with van der Waals surface area (Å²) < 4.78 is 8.82. The summed E-state index contributed by atoms with van der Waals surface area (Å²) in [6.45, 7) is 3.63. The van der Waals surface area contributed by atoms with E-state index in [4.69, 9.17) is 4.74 Å². The molecule has 1 aromatic rings. The first-order valence-corrected chi connectivity index (χ1v) is 7.42. The first-order chi connectivity index (χ1) is 8.31. The Bertz CT molecular complexity index is 345. The molecule has 1 heterocycles. The molecule has 0 aliphatic heterocycles. The van der Waals surface area contributed by atoms with Crippen molar-refractivity contribution in [3.63, 3.8) is 0 Å². The van der Waals surface area contributed by atoms with Gasteiger partial charge in [0.1, 0.15) is 5.69 Å². The van der Waals surface area contributed by atoms with Crippen LogP contribution in [0.15, 0.2) is 10.7 Å². The Labute approximate surface area is 112 Å². The van der Waals surface area contributed by atoms with Crippen molar-refractivity contribution in [2.75, 3.05) is 6.61 Å². The fourth-order valence-corrected chi connectivity index (χ4v) is 2.68. The van der Waals surface area contributed by atoms with Gasteiger partial charge in [-0.15, -0.1) is 0 Å². The lowest BCUT2D eigenvalue weighted by Crippen LogP contribution is -2.06. The monoisotopic (exact) mass is 300 g/mol. The Morgan fingerprint density at radius 3 is 2.94 bits per heavy atom. The van der Waals surface area contributed by atoms with E-state index in [2.05, 4.69) is 38.8 Å². The molecule has 96 valence electrons. The molecule has 2 rings (SSSR count). The minimum atomic E-state index is 0.607. The summed E-state index contributed by atoms with van der Waals surface area (Å²) in [5, 5.41) is 4.63. The molecule has 0 atom stereocenters. The molecular formula is C13H21BrN2O. The van der Waals surface area contributed by atoms with Crippen LogP contribution in [0.2, 0.25) is 0 Å². The maximum atomic E-state index is 5.61. The smallest absolute Gasteiger partial charge is 0.102 e. The lowest BCUT2D eigenvalue weighted by molar-refractivity contribution is 0.114. The van der Waals surface area contributed by atoms with Crippen molar-refractivity contribution in [3.8, 4) is 0 Å². The van der Waals surface area contributed by atoms with Crippen LogP contribution in [0.3, 0.4) is 0 Å². The predicted molar refractivity (Wildman–Crippen MR) is 72.0 cm³/mol. The van der Waals surface area contributed by atoms with Gasteiger partial charge in [-0.2, -0.15) is 5.10 Å². The van der Waals surface area contributed by atoms with E-state index in [9.17, 15) is 0 Å². The molecule has 0 saturated heterocycles. The average Bonchev–Trinajstić information content (AvgIpc) is 2.94. The summed E-state index contributed by atoms with van der Waals surface area (Å²) in [6.07, 6.45) is 9.62. The van der Waals surface area contributed by atoms with E-state index in [1.807, 2.05) is 0 Å². The van der Waals surface area contributed by atoms with Gasteiger partial charge in [-0.3, -0.25) is 4.68 Å². The Morgan fingerprint density at radius 2 is 2.24 bits per heavy atom. The average molecular weight is 301 g/mol. The van der Waals surface area contributed by atoms with E-state index in [0.717, 1.165) is 23.2 Å². The molecular weight excluding hydrogens is 280 g/mol. The second kappa shape index (κ2) is 6.55. The number of nitrogens with zero attached hydrogens (tertiary/aromatic N) is 2. The van der Waals surface area contributed by atoms with E-state index >= 15 is 0 Å². The highest BCUT2D eigenvalue weighted by Gasteiger charge is 2.19. The minimum Gasteiger partial charge on any atom is -0.375 e. The number of hydrogen-bond acceptors (Lipinski definition) is 2. The molecule has 1 saturated carbocycles. The van der Waals surface area contributed by atoms with E-state index in [0.29, 0.717) is 12.6 Å². The second-order valence-electron chi connectivity index (χ2n) is 4.75. The SMILES string of the molecule is CCCCOCc1nn(C2CCCC2)cc1Br. The lowest BCUT2D eigenvalue weighted by Gasteiger charge is -2.08. The van der Waals surface area contributed by atoms with Crippen molar-refractivity contribution < 1.29 is 4.74 Å². The third-order valence-corrected chi connectivity index (χ3v) is 4.00. The second-order valence-corrected chi connectivity index (χ2v) is 5.60. The summed E-state index contributed by atoms with van der Waals surface area (Å²) >= 11 is 3.57.